The molecule has 0 saturated carbocycles. The van der Waals surface area contributed by atoms with Crippen LogP contribution in [0.2, 0.25) is 0 Å². The second-order valence-electron chi connectivity index (χ2n) is 6.15. The number of carbonyl (C=O) groups is 1. The van der Waals surface area contributed by atoms with Crippen molar-refractivity contribution in [2.24, 2.45) is 14.1 Å². The highest BCUT2D eigenvalue weighted by molar-refractivity contribution is 8.00. The molecule has 0 aliphatic rings. The lowest BCUT2D eigenvalue weighted by atomic mass is 10.1. The van der Waals surface area contributed by atoms with Crippen LogP contribution in [0, 0.1) is 6.92 Å². The van der Waals surface area contributed by atoms with Gasteiger partial charge in [0.25, 0.3) is 5.56 Å². The Morgan fingerprint density at radius 3 is 2.44 bits per heavy atom. The van der Waals surface area contributed by atoms with E-state index in [1.165, 1.54) is 25.6 Å². The van der Waals surface area contributed by atoms with E-state index in [2.05, 4.69) is 9.97 Å². The number of aliphatic carboxylic acids is 1. The molecule has 27 heavy (non-hydrogen) atoms. The van der Waals surface area contributed by atoms with Crippen LogP contribution in [0.4, 0.5) is 0 Å². The summed E-state index contributed by atoms with van der Waals surface area (Å²) in [6.07, 6.45) is 0. The van der Waals surface area contributed by atoms with Gasteiger partial charge < -0.3 is 9.90 Å². The highest BCUT2D eigenvalue weighted by Crippen LogP contribution is 2.29. The number of carbonyl (C=O) groups excluding carboxylic acids is 1. The molecule has 0 saturated heterocycles. The molecule has 0 radical (unpaired) electrons. The normalized spacial score (nSPS) is 12.3. The van der Waals surface area contributed by atoms with Crippen molar-refractivity contribution in [3.8, 4) is 11.4 Å². The van der Waals surface area contributed by atoms with Crippen molar-refractivity contribution in [2.75, 3.05) is 0 Å². The number of fused-ring (bicyclic) bond motifs is 1. The van der Waals surface area contributed by atoms with Crippen LogP contribution in [-0.2, 0) is 18.9 Å². The minimum Gasteiger partial charge on any atom is -0.549 e. The number of nitrogens with zero attached hydrogens (tertiary/aromatic N) is 4. The maximum Gasteiger partial charge on any atom is 0.332 e. The van der Waals surface area contributed by atoms with Gasteiger partial charge in [0.15, 0.2) is 11.5 Å². The molecular weight excluding hydrogens is 368 g/mol. The number of rotatable bonds is 4. The van der Waals surface area contributed by atoms with Gasteiger partial charge in [-0.25, -0.2) is 14.8 Å². The molecule has 1 aromatic carbocycles. The number of aryl methyl sites for hydroxylation is 2. The first kappa shape index (κ1) is 18.8. The number of carboxylic acid groups (broad SMARTS) is 1. The Kier molecular flexibility index (Phi) is 4.88. The Morgan fingerprint density at radius 2 is 1.81 bits per heavy atom. The quantitative estimate of drug-likeness (QED) is 0.467. The van der Waals surface area contributed by atoms with E-state index in [1.807, 2.05) is 31.2 Å². The number of aromatic nitrogens is 4. The predicted molar refractivity (Wildman–Crippen MR) is 101 cm³/mol. The highest BCUT2D eigenvalue weighted by Gasteiger charge is 2.20. The number of hydrogen-bond acceptors (Lipinski definition) is 7. The Morgan fingerprint density at radius 1 is 1.15 bits per heavy atom. The molecule has 0 fully saturated rings. The number of hydrogen-bond donors (Lipinski definition) is 0. The molecule has 0 N–H and O–H groups in total. The zero-order chi connectivity index (χ0) is 19.9. The van der Waals surface area contributed by atoms with Crippen LogP contribution in [0.3, 0.4) is 0 Å². The van der Waals surface area contributed by atoms with Crippen LogP contribution in [-0.4, -0.2) is 30.3 Å². The molecular formula is C18H17N4O4S-. The van der Waals surface area contributed by atoms with Crippen LogP contribution in [0.5, 0.6) is 0 Å². The van der Waals surface area contributed by atoms with Crippen molar-refractivity contribution in [3.63, 3.8) is 0 Å². The number of thioether (sulfide) groups is 1. The third kappa shape index (κ3) is 3.25. The first-order valence-electron chi connectivity index (χ1n) is 8.13. The van der Waals surface area contributed by atoms with Gasteiger partial charge in [-0.2, -0.15) is 0 Å². The molecule has 0 aliphatic carbocycles. The fourth-order valence-corrected chi connectivity index (χ4v) is 3.54. The number of carboxylic acids is 1. The standard InChI is InChI=1S/C18H18N4O4S/c1-9-7-5-6-8-11(9)13-19-14-12(15(20-13)27-10(2)17(24)25)16(23)22(4)18(26)21(14)3/h5-8,10H,1-4H3,(H,24,25)/p-1/t10-/m0/s1. The fourth-order valence-electron chi connectivity index (χ4n) is 2.67. The van der Waals surface area contributed by atoms with Gasteiger partial charge in [-0.15, -0.1) is 0 Å². The predicted octanol–water partition coefficient (Wildman–Crippen LogP) is 0.233. The SMILES string of the molecule is Cc1ccccc1-c1nc(S[C@@H](C)C(=O)[O-])c2c(=O)n(C)c(=O)n(C)c2n1. The van der Waals surface area contributed by atoms with Gasteiger partial charge in [0.2, 0.25) is 0 Å². The summed E-state index contributed by atoms with van der Waals surface area (Å²) in [4.78, 5) is 45.1. The Hall–Kier alpha value is -2.94. The third-order valence-corrected chi connectivity index (χ3v) is 5.34. The molecule has 2 aromatic heterocycles. The van der Waals surface area contributed by atoms with Crippen molar-refractivity contribution in [1.82, 2.24) is 19.1 Å². The molecule has 0 unspecified atom stereocenters. The van der Waals surface area contributed by atoms with Gasteiger partial charge in [0.05, 0.1) is 5.97 Å². The third-order valence-electron chi connectivity index (χ3n) is 4.27. The summed E-state index contributed by atoms with van der Waals surface area (Å²) in [5.74, 6) is -0.956. The Bertz CT molecular complexity index is 1180. The van der Waals surface area contributed by atoms with E-state index in [9.17, 15) is 19.5 Å². The molecule has 3 aromatic rings. The van der Waals surface area contributed by atoms with Gasteiger partial charge in [-0.3, -0.25) is 13.9 Å². The van der Waals surface area contributed by atoms with Crippen molar-refractivity contribution in [1.29, 1.82) is 0 Å². The molecule has 2 heterocycles. The molecule has 0 aliphatic heterocycles. The maximum absolute atomic E-state index is 12.7. The molecule has 140 valence electrons. The molecule has 0 bridgehead atoms. The van der Waals surface area contributed by atoms with Gasteiger partial charge in [0.1, 0.15) is 10.4 Å². The topological polar surface area (TPSA) is 110 Å². The molecule has 0 amide bonds. The first-order chi connectivity index (χ1) is 12.7. The van der Waals surface area contributed by atoms with Crippen molar-refractivity contribution >= 4 is 28.8 Å². The summed E-state index contributed by atoms with van der Waals surface area (Å²) in [7, 11) is 2.87. The second kappa shape index (κ2) is 6.99. The monoisotopic (exact) mass is 385 g/mol. The summed E-state index contributed by atoms with van der Waals surface area (Å²) in [6.45, 7) is 3.34. The van der Waals surface area contributed by atoms with Crippen molar-refractivity contribution < 1.29 is 9.90 Å². The highest BCUT2D eigenvalue weighted by atomic mass is 32.2. The second-order valence-corrected chi connectivity index (χ2v) is 7.48. The molecule has 3 rings (SSSR count). The maximum atomic E-state index is 12.7. The largest absolute Gasteiger partial charge is 0.549 e. The van der Waals surface area contributed by atoms with Crippen LogP contribution < -0.4 is 16.4 Å². The van der Waals surface area contributed by atoms with E-state index < -0.39 is 22.5 Å². The fraction of sp³-hybridized carbons (Fsp3) is 0.278. The summed E-state index contributed by atoms with van der Waals surface area (Å²) in [5.41, 5.74) is 0.706. The first-order valence-corrected chi connectivity index (χ1v) is 9.01. The van der Waals surface area contributed by atoms with Gasteiger partial charge in [-0.05, 0) is 19.4 Å². The van der Waals surface area contributed by atoms with Crippen LogP contribution in [0.15, 0.2) is 38.9 Å². The van der Waals surface area contributed by atoms with E-state index in [0.717, 1.165) is 27.5 Å². The van der Waals surface area contributed by atoms with E-state index in [-0.39, 0.29) is 16.1 Å². The molecule has 8 nitrogen and oxygen atoms in total. The minimum absolute atomic E-state index is 0.107. The van der Waals surface area contributed by atoms with Gasteiger partial charge in [-0.1, -0.05) is 36.0 Å². The smallest absolute Gasteiger partial charge is 0.332 e. The molecule has 9 heteroatoms. The lowest BCUT2D eigenvalue weighted by molar-refractivity contribution is -0.304. The van der Waals surface area contributed by atoms with Crippen molar-refractivity contribution in [3.05, 3.63) is 50.7 Å². The number of benzene rings is 1. The minimum atomic E-state index is -1.27. The summed E-state index contributed by atoms with van der Waals surface area (Å²) in [6, 6.07) is 7.42. The molecule has 1 atom stereocenters. The van der Waals surface area contributed by atoms with E-state index in [0.29, 0.717) is 5.82 Å². The van der Waals surface area contributed by atoms with Gasteiger partial charge >= 0.3 is 5.69 Å². The van der Waals surface area contributed by atoms with Gasteiger partial charge in [0, 0.05) is 24.9 Å². The lowest BCUT2D eigenvalue weighted by Crippen LogP contribution is -2.38. The average molecular weight is 385 g/mol. The summed E-state index contributed by atoms with van der Waals surface area (Å²) >= 11 is 0.891. The van der Waals surface area contributed by atoms with E-state index in [1.54, 1.807) is 0 Å². The summed E-state index contributed by atoms with van der Waals surface area (Å²) < 4.78 is 2.21. The molecule has 0 spiro atoms. The van der Waals surface area contributed by atoms with Crippen LogP contribution in [0.25, 0.3) is 22.4 Å². The van der Waals surface area contributed by atoms with Crippen LogP contribution >= 0.6 is 11.8 Å². The zero-order valence-electron chi connectivity index (χ0n) is 15.2. The van der Waals surface area contributed by atoms with E-state index >= 15 is 0 Å². The zero-order valence-corrected chi connectivity index (χ0v) is 16.0. The Labute approximate surface area is 158 Å². The van der Waals surface area contributed by atoms with E-state index in [4.69, 9.17) is 0 Å². The lowest BCUT2D eigenvalue weighted by Gasteiger charge is -2.16. The Balaban J connectivity index is 2.42. The van der Waals surface area contributed by atoms with Crippen molar-refractivity contribution in [2.45, 2.75) is 24.1 Å². The average Bonchev–Trinajstić information content (AvgIpc) is 2.64. The van der Waals surface area contributed by atoms with Crippen LogP contribution in [0.1, 0.15) is 12.5 Å². The summed E-state index contributed by atoms with van der Waals surface area (Å²) in [5, 5.41) is 10.6.